The van der Waals surface area contributed by atoms with Crippen molar-refractivity contribution in [3.05, 3.63) is 34.3 Å². The first-order valence-corrected chi connectivity index (χ1v) is 4.59. The Hall–Kier alpha value is -1.48. The van der Waals surface area contributed by atoms with Crippen molar-refractivity contribution in [3.63, 3.8) is 0 Å². The molecule has 0 bridgehead atoms. The molecule has 2 rings (SSSR count). The number of rotatable bonds is 2. The molecule has 0 aliphatic rings. The molecule has 2 aromatic rings. The van der Waals surface area contributed by atoms with E-state index < -0.39 is 10.5 Å². The average Bonchev–Trinajstić information content (AvgIpc) is 2.51. The third-order valence-corrected chi connectivity index (χ3v) is 2.45. The third-order valence-electron chi connectivity index (χ3n) is 2.45. The standard InChI is InChI=1S/C9H11N3O4/c1-5-9(12(15)16)7-3-2-6(11(13)14)4-8(7)10-5/h2-4,10-13,15H,1H3. The Morgan fingerprint density at radius 1 is 1.19 bits per heavy atom. The van der Waals surface area contributed by atoms with Gasteiger partial charge in [0.25, 0.3) is 0 Å². The average molecular weight is 225 g/mol. The van der Waals surface area contributed by atoms with Crippen molar-refractivity contribution in [3.8, 4) is 0 Å². The molecule has 16 heavy (non-hydrogen) atoms. The van der Waals surface area contributed by atoms with E-state index in [1.54, 1.807) is 6.92 Å². The highest BCUT2D eigenvalue weighted by atomic mass is 16.8. The van der Waals surface area contributed by atoms with Gasteiger partial charge in [0.1, 0.15) is 0 Å². The fourth-order valence-electron chi connectivity index (χ4n) is 1.74. The van der Waals surface area contributed by atoms with Gasteiger partial charge in [0.2, 0.25) is 0 Å². The van der Waals surface area contributed by atoms with Gasteiger partial charge in [0, 0.05) is 12.1 Å². The Kier molecular flexibility index (Phi) is 2.64. The van der Waals surface area contributed by atoms with Crippen LogP contribution in [0.25, 0.3) is 10.9 Å². The Bertz CT molecular complexity index is 521. The first-order chi connectivity index (χ1) is 7.50. The topological polar surface area (TPSA) is 111 Å². The fraction of sp³-hybridized carbons (Fsp3) is 0.111. The molecule has 5 N–H and O–H groups in total. The summed E-state index contributed by atoms with van der Waals surface area (Å²) in [6.45, 7) is 1.64. The summed E-state index contributed by atoms with van der Waals surface area (Å²) in [7, 11) is 0. The minimum absolute atomic E-state index is 0.130. The summed E-state index contributed by atoms with van der Waals surface area (Å²) in [4.78, 5) is 2.86. The SMILES string of the molecule is Cc1[nH]c2cc([NH+]([O-])O)ccc2c1[NH+]([O-])O. The number of aromatic amines is 1. The maximum atomic E-state index is 11.0. The number of aryl methyl sites for hydroxylation is 1. The van der Waals surface area contributed by atoms with Crippen LogP contribution in [-0.2, 0) is 0 Å². The predicted octanol–water partition coefficient (Wildman–Crippen LogP) is -0.717. The Morgan fingerprint density at radius 2 is 1.88 bits per heavy atom. The van der Waals surface area contributed by atoms with Crippen molar-refractivity contribution in [2.24, 2.45) is 0 Å². The summed E-state index contributed by atoms with van der Waals surface area (Å²) in [5.41, 5.74) is 1.36. The molecule has 2 unspecified atom stereocenters. The van der Waals surface area contributed by atoms with Gasteiger partial charge >= 0.3 is 0 Å². The van der Waals surface area contributed by atoms with Gasteiger partial charge in [0.05, 0.1) is 16.6 Å². The van der Waals surface area contributed by atoms with Crippen molar-refractivity contribution in [2.45, 2.75) is 6.92 Å². The molecule has 0 aliphatic carbocycles. The number of hydrogen-bond acceptors (Lipinski definition) is 4. The number of H-pyrrole nitrogens is 1. The number of nitrogens with one attached hydrogen (secondary N) is 3. The highest BCUT2D eigenvalue weighted by Crippen LogP contribution is 2.25. The first-order valence-electron chi connectivity index (χ1n) is 4.59. The van der Waals surface area contributed by atoms with E-state index in [-0.39, 0.29) is 11.4 Å². The normalized spacial score (nSPS) is 15.3. The second-order valence-electron chi connectivity index (χ2n) is 3.50. The molecule has 7 heteroatoms. The molecule has 1 aromatic carbocycles. The molecule has 2 atom stereocenters. The molecule has 1 aromatic heterocycles. The third kappa shape index (κ3) is 1.67. The van der Waals surface area contributed by atoms with Gasteiger partial charge in [-0.2, -0.15) is 10.5 Å². The van der Waals surface area contributed by atoms with E-state index in [0.29, 0.717) is 16.6 Å². The van der Waals surface area contributed by atoms with E-state index in [0.717, 1.165) is 0 Å². The summed E-state index contributed by atoms with van der Waals surface area (Å²) in [6.07, 6.45) is 0. The van der Waals surface area contributed by atoms with Crippen molar-refractivity contribution in [1.29, 1.82) is 0 Å². The molecular weight excluding hydrogens is 214 g/mol. The lowest BCUT2D eigenvalue weighted by Gasteiger charge is -2.12. The lowest BCUT2D eigenvalue weighted by Crippen LogP contribution is -2.99. The molecule has 0 saturated heterocycles. The number of aromatic nitrogens is 1. The molecule has 0 saturated carbocycles. The highest BCUT2D eigenvalue weighted by Gasteiger charge is 2.15. The van der Waals surface area contributed by atoms with Crippen LogP contribution in [0.4, 0.5) is 11.4 Å². The van der Waals surface area contributed by atoms with Crippen LogP contribution in [0.3, 0.4) is 0 Å². The monoisotopic (exact) mass is 225 g/mol. The van der Waals surface area contributed by atoms with E-state index in [2.05, 4.69) is 4.98 Å². The smallest absolute Gasteiger partial charge is 0.192 e. The summed E-state index contributed by atoms with van der Waals surface area (Å²) in [6, 6.07) is 4.33. The fourth-order valence-corrected chi connectivity index (χ4v) is 1.74. The van der Waals surface area contributed by atoms with Crippen molar-refractivity contribution >= 4 is 22.3 Å². The quantitative estimate of drug-likeness (QED) is 0.434. The van der Waals surface area contributed by atoms with E-state index in [1.807, 2.05) is 0 Å². The number of hydrogen-bond donors (Lipinski definition) is 5. The Labute approximate surface area is 90.2 Å². The zero-order chi connectivity index (χ0) is 11.9. The van der Waals surface area contributed by atoms with Gasteiger partial charge in [-0.1, -0.05) is 0 Å². The number of benzene rings is 1. The van der Waals surface area contributed by atoms with Gasteiger partial charge in [-0.3, -0.25) is 0 Å². The molecule has 1 heterocycles. The molecule has 0 fully saturated rings. The van der Waals surface area contributed by atoms with E-state index in [1.165, 1.54) is 18.2 Å². The Morgan fingerprint density at radius 3 is 2.44 bits per heavy atom. The van der Waals surface area contributed by atoms with Crippen LogP contribution in [0.5, 0.6) is 0 Å². The van der Waals surface area contributed by atoms with E-state index in [4.69, 9.17) is 10.4 Å². The summed E-state index contributed by atoms with van der Waals surface area (Å²) >= 11 is 0. The second-order valence-corrected chi connectivity index (χ2v) is 3.50. The van der Waals surface area contributed by atoms with Gasteiger partial charge in [-0.25, -0.2) is 10.4 Å². The first kappa shape index (κ1) is 11.0. The van der Waals surface area contributed by atoms with Crippen molar-refractivity contribution in [1.82, 2.24) is 4.98 Å². The zero-order valence-corrected chi connectivity index (χ0v) is 8.44. The maximum absolute atomic E-state index is 11.0. The van der Waals surface area contributed by atoms with Crippen molar-refractivity contribution < 1.29 is 20.9 Å². The summed E-state index contributed by atoms with van der Waals surface area (Å²) < 4.78 is 0. The minimum Gasteiger partial charge on any atom is -0.595 e. The maximum Gasteiger partial charge on any atom is 0.192 e. The molecule has 86 valence electrons. The molecule has 7 nitrogen and oxygen atoms in total. The molecule has 0 spiro atoms. The molecule has 0 aliphatic heterocycles. The number of quaternary nitrogens is 2. The summed E-state index contributed by atoms with van der Waals surface area (Å²) in [5.74, 6) is 0. The molecule has 0 radical (unpaired) electrons. The van der Waals surface area contributed by atoms with Gasteiger partial charge in [0.15, 0.2) is 11.4 Å². The van der Waals surface area contributed by atoms with E-state index >= 15 is 0 Å². The highest BCUT2D eigenvalue weighted by molar-refractivity contribution is 5.91. The van der Waals surface area contributed by atoms with Crippen LogP contribution in [0.15, 0.2) is 18.2 Å². The van der Waals surface area contributed by atoms with Crippen LogP contribution in [0.1, 0.15) is 5.69 Å². The van der Waals surface area contributed by atoms with Crippen molar-refractivity contribution in [2.75, 3.05) is 0 Å². The van der Waals surface area contributed by atoms with Crippen LogP contribution in [0, 0.1) is 17.3 Å². The lowest BCUT2D eigenvalue weighted by atomic mass is 10.2. The van der Waals surface area contributed by atoms with Gasteiger partial charge in [-0.05, 0) is 13.0 Å². The second kappa shape index (κ2) is 3.83. The Balaban J connectivity index is 2.65. The minimum atomic E-state index is -1.04. The molecule has 0 amide bonds. The van der Waals surface area contributed by atoms with Crippen LogP contribution in [-0.4, -0.2) is 15.4 Å². The predicted molar refractivity (Wildman–Crippen MR) is 54.6 cm³/mol. The van der Waals surface area contributed by atoms with Crippen LogP contribution < -0.4 is 10.5 Å². The van der Waals surface area contributed by atoms with Crippen LogP contribution >= 0.6 is 0 Å². The summed E-state index contributed by atoms with van der Waals surface area (Å²) in [5, 5.41) is 38.0. The van der Waals surface area contributed by atoms with Gasteiger partial charge in [-0.15, -0.1) is 0 Å². The van der Waals surface area contributed by atoms with E-state index in [9.17, 15) is 10.4 Å². The van der Waals surface area contributed by atoms with Crippen LogP contribution in [0.2, 0.25) is 0 Å². The largest absolute Gasteiger partial charge is 0.595 e. The molecular formula is C9H11N3O4. The lowest BCUT2D eigenvalue weighted by molar-refractivity contribution is -0.991. The zero-order valence-electron chi connectivity index (χ0n) is 8.44. The van der Waals surface area contributed by atoms with Gasteiger partial charge < -0.3 is 15.4 Å². The number of fused-ring (bicyclic) bond motifs is 1.